The highest BCUT2D eigenvalue weighted by atomic mass is 16.5. The molecule has 0 bridgehead atoms. The van der Waals surface area contributed by atoms with Gasteiger partial charge in [-0.15, -0.1) is 0 Å². The highest BCUT2D eigenvalue weighted by Gasteiger charge is 2.14. The number of rotatable bonds is 4. The molecule has 0 saturated carbocycles. The molecule has 3 heteroatoms. The van der Waals surface area contributed by atoms with Crippen LogP contribution in [0.1, 0.15) is 18.5 Å². The third-order valence-electron chi connectivity index (χ3n) is 2.75. The molecule has 0 unspecified atom stereocenters. The lowest BCUT2D eigenvalue weighted by Gasteiger charge is -2.10. The molecule has 0 amide bonds. The predicted octanol–water partition coefficient (Wildman–Crippen LogP) is 1.29. The van der Waals surface area contributed by atoms with Crippen LogP contribution in [0.2, 0.25) is 0 Å². The van der Waals surface area contributed by atoms with Gasteiger partial charge in [0.25, 0.3) is 0 Å². The summed E-state index contributed by atoms with van der Waals surface area (Å²) < 4.78 is 7.67. The molecule has 0 aliphatic carbocycles. The Morgan fingerprint density at radius 3 is 3.21 bits per heavy atom. The molecule has 3 nitrogen and oxygen atoms in total. The number of nitrogens with one attached hydrogen (secondary N) is 1. The second-order valence-electron chi connectivity index (χ2n) is 3.88. The topological polar surface area (TPSA) is 26.2 Å². The molecule has 2 heterocycles. The van der Waals surface area contributed by atoms with Crippen molar-refractivity contribution >= 4 is 0 Å². The zero-order chi connectivity index (χ0) is 9.80. The lowest BCUT2D eigenvalue weighted by atomic mass is 10.2. The summed E-state index contributed by atoms with van der Waals surface area (Å²) in [4.78, 5) is 0. The fourth-order valence-electron chi connectivity index (χ4n) is 1.85. The van der Waals surface area contributed by atoms with Crippen molar-refractivity contribution in [3.8, 4) is 0 Å². The van der Waals surface area contributed by atoms with E-state index in [2.05, 4.69) is 35.3 Å². The van der Waals surface area contributed by atoms with Crippen LogP contribution in [0.15, 0.2) is 18.3 Å². The van der Waals surface area contributed by atoms with Crippen LogP contribution in [0.5, 0.6) is 0 Å². The van der Waals surface area contributed by atoms with Crippen molar-refractivity contribution in [3.05, 3.63) is 24.0 Å². The molecule has 1 aliphatic heterocycles. The average molecular weight is 194 g/mol. The van der Waals surface area contributed by atoms with Gasteiger partial charge in [0.15, 0.2) is 0 Å². The van der Waals surface area contributed by atoms with Crippen LogP contribution in [0.4, 0.5) is 0 Å². The van der Waals surface area contributed by atoms with E-state index in [-0.39, 0.29) is 0 Å². The summed E-state index contributed by atoms with van der Waals surface area (Å²) in [7, 11) is 2.07. The van der Waals surface area contributed by atoms with E-state index in [4.69, 9.17) is 4.74 Å². The van der Waals surface area contributed by atoms with E-state index in [1.54, 1.807) is 0 Å². The molecule has 0 spiro atoms. The lowest BCUT2D eigenvalue weighted by Crippen LogP contribution is -2.26. The summed E-state index contributed by atoms with van der Waals surface area (Å²) in [6.45, 7) is 2.85. The monoisotopic (exact) mass is 194 g/mol. The van der Waals surface area contributed by atoms with Gasteiger partial charge in [0.1, 0.15) is 0 Å². The molecule has 2 rings (SSSR count). The maximum Gasteiger partial charge on any atom is 0.0700 e. The minimum Gasteiger partial charge on any atom is -0.377 e. The molecule has 1 atom stereocenters. The third-order valence-corrected chi connectivity index (χ3v) is 2.75. The maximum atomic E-state index is 5.53. The SMILES string of the molecule is Cn1cccc1CNC[C@@H]1CCCO1. The zero-order valence-corrected chi connectivity index (χ0v) is 8.70. The highest BCUT2D eigenvalue weighted by molar-refractivity contribution is 5.05. The fraction of sp³-hybridized carbons (Fsp3) is 0.636. The second kappa shape index (κ2) is 4.62. The first-order valence-corrected chi connectivity index (χ1v) is 5.29. The molecule has 1 aromatic rings. The Morgan fingerprint density at radius 1 is 1.64 bits per heavy atom. The molecule has 1 fully saturated rings. The molecule has 1 aromatic heterocycles. The normalized spacial score (nSPS) is 21.6. The van der Waals surface area contributed by atoms with E-state index in [0.29, 0.717) is 6.10 Å². The van der Waals surface area contributed by atoms with Gasteiger partial charge in [-0.1, -0.05) is 0 Å². The van der Waals surface area contributed by atoms with Crippen LogP contribution in [0, 0.1) is 0 Å². The Hall–Kier alpha value is -0.800. The van der Waals surface area contributed by atoms with Crippen LogP contribution < -0.4 is 5.32 Å². The predicted molar refractivity (Wildman–Crippen MR) is 56.1 cm³/mol. The largest absolute Gasteiger partial charge is 0.377 e. The van der Waals surface area contributed by atoms with Gasteiger partial charge in [0.2, 0.25) is 0 Å². The molecule has 0 aromatic carbocycles. The molecule has 1 N–H and O–H groups in total. The number of aryl methyl sites for hydroxylation is 1. The standard InChI is InChI=1S/C11H18N2O/c1-13-6-2-4-10(13)8-12-9-11-5-3-7-14-11/h2,4,6,11-12H,3,5,7-9H2,1H3/t11-/m0/s1. The van der Waals surface area contributed by atoms with Gasteiger partial charge in [0, 0.05) is 38.6 Å². The average Bonchev–Trinajstić information content (AvgIpc) is 2.78. The van der Waals surface area contributed by atoms with Crippen molar-refractivity contribution in [2.45, 2.75) is 25.5 Å². The molecular formula is C11H18N2O. The van der Waals surface area contributed by atoms with Gasteiger partial charge >= 0.3 is 0 Å². The molecular weight excluding hydrogens is 176 g/mol. The van der Waals surface area contributed by atoms with E-state index in [9.17, 15) is 0 Å². The molecule has 14 heavy (non-hydrogen) atoms. The summed E-state index contributed by atoms with van der Waals surface area (Å²) in [6.07, 6.45) is 4.94. The Kier molecular flexibility index (Phi) is 3.22. The Bertz CT molecular complexity index is 277. The van der Waals surface area contributed by atoms with Gasteiger partial charge in [-0.2, -0.15) is 0 Å². The first-order chi connectivity index (χ1) is 6.86. The van der Waals surface area contributed by atoms with Crippen molar-refractivity contribution in [3.63, 3.8) is 0 Å². The summed E-state index contributed by atoms with van der Waals surface area (Å²) in [5.74, 6) is 0. The van der Waals surface area contributed by atoms with Crippen LogP contribution in [0.25, 0.3) is 0 Å². The van der Waals surface area contributed by atoms with Crippen molar-refractivity contribution in [1.82, 2.24) is 9.88 Å². The van der Waals surface area contributed by atoms with Gasteiger partial charge in [0.05, 0.1) is 6.10 Å². The van der Waals surface area contributed by atoms with Gasteiger partial charge in [-0.05, 0) is 25.0 Å². The first-order valence-electron chi connectivity index (χ1n) is 5.29. The van der Waals surface area contributed by atoms with Crippen LogP contribution in [0.3, 0.4) is 0 Å². The third kappa shape index (κ3) is 2.36. The van der Waals surface area contributed by atoms with Crippen LogP contribution in [-0.2, 0) is 18.3 Å². The van der Waals surface area contributed by atoms with Crippen molar-refractivity contribution in [2.24, 2.45) is 7.05 Å². The minimum absolute atomic E-state index is 0.440. The molecule has 1 aliphatic rings. The number of hydrogen-bond donors (Lipinski definition) is 1. The van der Waals surface area contributed by atoms with Crippen LogP contribution in [-0.4, -0.2) is 23.8 Å². The Balaban J connectivity index is 1.70. The lowest BCUT2D eigenvalue weighted by molar-refractivity contribution is 0.110. The molecule has 78 valence electrons. The summed E-state index contributed by atoms with van der Waals surface area (Å²) in [5.41, 5.74) is 1.32. The molecule has 0 radical (unpaired) electrons. The van der Waals surface area contributed by atoms with Crippen molar-refractivity contribution in [1.29, 1.82) is 0 Å². The quantitative estimate of drug-likeness (QED) is 0.781. The smallest absolute Gasteiger partial charge is 0.0700 e. The van der Waals surface area contributed by atoms with E-state index < -0.39 is 0 Å². The summed E-state index contributed by atoms with van der Waals surface area (Å²) >= 11 is 0. The summed E-state index contributed by atoms with van der Waals surface area (Å²) in [6, 6.07) is 4.21. The number of hydrogen-bond acceptors (Lipinski definition) is 2. The van der Waals surface area contributed by atoms with Gasteiger partial charge in [-0.3, -0.25) is 0 Å². The van der Waals surface area contributed by atoms with E-state index in [1.165, 1.54) is 18.5 Å². The highest BCUT2D eigenvalue weighted by Crippen LogP contribution is 2.10. The van der Waals surface area contributed by atoms with E-state index >= 15 is 0 Å². The van der Waals surface area contributed by atoms with Crippen molar-refractivity contribution in [2.75, 3.05) is 13.2 Å². The van der Waals surface area contributed by atoms with Gasteiger partial charge < -0.3 is 14.6 Å². The maximum absolute atomic E-state index is 5.53. The first kappa shape index (κ1) is 9.74. The number of ether oxygens (including phenoxy) is 1. The van der Waals surface area contributed by atoms with Gasteiger partial charge in [-0.25, -0.2) is 0 Å². The summed E-state index contributed by atoms with van der Waals surface area (Å²) in [5, 5.41) is 3.42. The van der Waals surface area contributed by atoms with E-state index in [0.717, 1.165) is 19.7 Å². The number of aromatic nitrogens is 1. The van der Waals surface area contributed by atoms with Crippen LogP contribution >= 0.6 is 0 Å². The number of nitrogens with zero attached hydrogens (tertiary/aromatic N) is 1. The van der Waals surface area contributed by atoms with Crippen molar-refractivity contribution < 1.29 is 4.74 Å². The molecule has 1 saturated heterocycles. The Morgan fingerprint density at radius 2 is 2.57 bits per heavy atom. The minimum atomic E-state index is 0.440. The zero-order valence-electron chi connectivity index (χ0n) is 8.70. The fourth-order valence-corrected chi connectivity index (χ4v) is 1.85. The second-order valence-corrected chi connectivity index (χ2v) is 3.88. The van der Waals surface area contributed by atoms with E-state index in [1.807, 2.05) is 0 Å². The Labute approximate surface area is 85.1 Å².